The fraction of sp³-hybridized carbons (Fsp3) is 0.500. The van der Waals surface area contributed by atoms with Crippen LogP contribution in [0.3, 0.4) is 0 Å². The summed E-state index contributed by atoms with van der Waals surface area (Å²) in [6.07, 6.45) is 3.55. The lowest BCUT2D eigenvalue weighted by molar-refractivity contribution is 0.126. The van der Waals surface area contributed by atoms with Crippen LogP contribution in [0.4, 0.5) is 11.4 Å². The Labute approximate surface area is 101 Å². The molecule has 1 aliphatic rings. The lowest BCUT2D eigenvalue weighted by Gasteiger charge is -2.27. The predicted octanol–water partition coefficient (Wildman–Crippen LogP) is 2.64. The number of nitrogens with one attached hydrogen (secondary N) is 1. The number of hydrogen-bond donors (Lipinski definition) is 3. The Kier molecular flexibility index (Phi) is 3.56. The maximum absolute atomic E-state index is 9.42. The first-order valence-electron chi connectivity index (χ1n) is 5.65. The van der Waals surface area contributed by atoms with Crippen LogP contribution in [0, 0.1) is 0 Å². The fourth-order valence-corrected chi connectivity index (χ4v) is 2.27. The zero-order chi connectivity index (χ0) is 11.5. The van der Waals surface area contributed by atoms with Gasteiger partial charge in [0.2, 0.25) is 0 Å². The number of rotatable bonds is 2. The lowest BCUT2D eigenvalue weighted by atomic mass is 9.93. The van der Waals surface area contributed by atoms with E-state index in [0.717, 1.165) is 37.1 Å². The van der Waals surface area contributed by atoms with Crippen molar-refractivity contribution in [3.8, 4) is 0 Å². The summed E-state index contributed by atoms with van der Waals surface area (Å²) in [5, 5.41) is 13.5. The van der Waals surface area contributed by atoms with E-state index in [1.807, 2.05) is 12.1 Å². The maximum atomic E-state index is 9.42. The third kappa shape index (κ3) is 2.80. The minimum Gasteiger partial charge on any atom is -0.397 e. The Morgan fingerprint density at radius 1 is 1.25 bits per heavy atom. The van der Waals surface area contributed by atoms with Crippen molar-refractivity contribution in [3.63, 3.8) is 0 Å². The first-order chi connectivity index (χ1) is 7.65. The molecule has 1 saturated carbocycles. The molecule has 0 bridgehead atoms. The summed E-state index contributed by atoms with van der Waals surface area (Å²) in [5.74, 6) is 0. The average Bonchev–Trinajstić information content (AvgIpc) is 2.27. The second kappa shape index (κ2) is 4.93. The molecule has 1 aromatic rings. The molecule has 4 N–H and O–H groups in total. The highest BCUT2D eigenvalue weighted by molar-refractivity contribution is 6.31. The van der Waals surface area contributed by atoms with Gasteiger partial charge in [0.05, 0.1) is 17.5 Å². The minimum absolute atomic E-state index is 0.130. The van der Waals surface area contributed by atoms with Gasteiger partial charge in [-0.15, -0.1) is 0 Å². The molecular weight excluding hydrogens is 224 g/mol. The highest BCUT2D eigenvalue weighted by Crippen LogP contribution is 2.27. The van der Waals surface area contributed by atoms with Crippen LogP contribution in [0.1, 0.15) is 25.7 Å². The number of anilines is 2. The molecule has 1 aromatic carbocycles. The van der Waals surface area contributed by atoms with Gasteiger partial charge in [-0.25, -0.2) is 0 Å². The Bertz CT molecular complexity index is 362. The number of nitrogen functional groups attached to an aromatic ring is 1. The van der Waals surface area contributed by atoms with E-state index < -0.39 is 0 Å². The van der Waals surface area contributed by atoms with E-state index in [9.17, 15) is 5.11 Å². The molecule has 16 heavy (non-hydrogen) atoms. The maximum Gasteiger partial charge on any atom is 0.0590 e. The van der Waals surface area contributed by atoms with Crippen molar-refractivity contribution >= 4 is 23.0 Å². The Balaban J connectivity index is 2.00. The molecule has 0 spiro atoms. The van der Waals surface area contributed by atoms with Gasteiger partial charge in [0.15, 0.2) is 0 Å². The Morgan fingerprint density at radius 3 is 2.62 bits per heavy atom. The van der Waals surface area contributed by atoms with Crippen molar-refractivity contribution in [2.24, 2.45) is 0 Å². The minimum atomic E-state index is -0.130. The lowest BCUT2D eigenvalue weighted by Crippen LogP contribution is -2.28. The van der Waals surface area contributed by atoms with Crippen molar-refractivity contribution in [2.45, 2.75) is 37.8 Å². The van der Waals surface area contributed by atoms with Crippen molar-refractivity contribution in [2.75, 3.05) is 11.1 Å². The van der Waals surface area contributed by atoms with Crippen LogP contribution in [-0.2, 0) is 0 Å². The fourth-order valence-electron chi connectivity index (χ4n) is 2.09. The quantitative estimate of drug-likeness (QED) is 0.697. The van der Waals surface area contributed by atoms with E-state index in [0.29, 0.717) is 11.1 Å². The van der Waals surface area contributed by atoms with Gasteiger partial charge in [-0.1, -0.05) is 11.6 Å². The molecule has 1 aliphatic carbocycles. The van der Waals surface area contributed by atoms with Gasteiger partial charge in [0.25, 0.3) is 0 Å². The summed E-state index contributed by atoms with van der Waals surface area (Å²) in [7, 11) is 0. The van der Waals surface area contributed by atoms with Crippen molar-refractivity contribution in [1.29, 1.82) is 0 Å². The molecule has 2 rings (SSSR count). The third-order valence-electron chi connectivity index (χ3n) is 3.07. The van der Waals surface area contributed by atoms with E-state index in [1.54, 1.807) is 6.07 Å². The summed E-state index contributed by atoms with van der Waals surface area (Å²) < 4.78 is 0. The normalized spacial score (nSPS) is 25.4. The van der Waals surface area contributed by atoms with Gasteiger partial charge in [0, 0.05) is 11.1 Å². The van der Waals surface area contributed by atoms with Crippen LogP contribution in [0.5, 0.6) is 0 Å². The number of aliphatic hydroxyl groups is 1. The smallest absolute Gasteiger partial charge is 0.0590 e. The van der Waals surface area contributed by atoms with Crippen molar-refractivity contribution in [3.05, 3.63) is 23.2 Å². The first-order valence-corrected chi connectivity index (χ1v) is 6.02. The molecule has 0 atom stereocenters. The molecule has 0 amide bonds. The van der Waals surface area contributed by atoms with Crippen LogP contribution >= 0.6 is 11.6 Å². The monoisotopic (exact) mass is 240 g/mol. The average molecular weight is 241 g/mol. The summed E-state index contributed by atoms with van der Waals surface area (Å²) in [4.78, 5) is 0. The predicted molar refractivity (Wildman–Crippen MR) is 67.7 cm³/mol. The zero-order valence-corrected chi connectivity index (χ0v) is 9.87. The van der Waals surface area contributed by atoms with Gasteiger partial charge in [-0.05, 0) is 43.9 Å². The molecule has 0 radical (unpaired) electrons. The molecule has 88 valence electrons. The number of aliphatic hydroxyl groups excluding tert-OH is 1. The number of hydrogen-bond acceptors (Lipinski definition) is 3. The highest BCUT2D eigenvalue weighted by atomic mass is 35.5. The molecule has 1 fully saturated rings. The number of nitrogens with two attached hydrogens (primary N) is 1. The molecule has 0 aromatic heterocycles. The van der Waals surface area contributed by atoms with Crippen molar-refractivity contribution in [1.82, 2.24) is 0 Å². The van der Waals surface area contributed by atoms with Gasteiger partial charge < -0.3 is 16.2 Å². The second-order valence-corrected chi connectivity index (χ2v) is 4.82. The van der Waals surface area contributed by atoms with E-state index in [1.165, 1.54) is 0 Å². The highest BCUT2D eigenvalue weighted by Gasteiger charge is 2.19. The standard InChI is InChI=1S/C12H17ClN2O/c13-8-1-6-11(14)12(7-8)15-9-2-4-10(16)5-3-9/h1,6-7,9-10,15-16H,2-5,14H2. The van der Waals surface area contributed by atoms with Crippen LogP contribution < -0.4 is 11.1 Å². The summed E-state index contributed by atoms with van der Waals surface area (Å²) in [5.41, 5.74) is 7.48. The first kappa shape index (κ1) is 11.6. The molecule has 0 saturated heterocycles. The zero-order valence-electron chi connectivity index (χ0n) is 9.12. The molecule has 0 heterocycles. The van der Waals surface area contributed by atoms with Crippen molar-refractivity contribution < 1.29 is 5.11 Å². The largest absolute Gasteiger partial charge is 0.397 e. The summed E-state index contributed by atoms with van der Waals surface area (Å²) in [6.45, 7) is 0. The molecule has 0 aliphatic heterocycles. The van der Waals surface area contributed by atoms with Crippen LogP contribution in [0.2, 0.25) is 5.02 Å². The van der Waals surface area contributed by atoms with Crippen LogP contribution in [0.25, 0.3) is 0 Å². The number of halogens is 1. The topological polar surface area (TPSA) is 58.3 Å². The van der Waals surface area contributed by atoms with E-state index in [4.69, 9.17) is 17.3 Å². The Hall–Kier alpha value is -0.930. The van der Waals surface area contributed by atoms with Gasteiger partial charge in [0.1, 0.15) is 0 Å². The molecule has 4 heteroatoms. The van der Waals surface area contributed by atoms with Crippen LogP contribution in [0.15, 0.2) is 18.2 Å². The molecule has 0 unspecified atom stereocenters. The van der Waals surface area contributed by atoms with E-state index >= 15 is 0 Å². The van der Waals surface area contributed by atoms with E-state index in [2.05, 4.69) is 5.32 Å². The third-order valence-corrected chi connectivity index (χ3v) is 3.31. The van der Waals surface area contributed by atoms with E-state index in [-0.39, 0.29) is 6.10 Å². The number of benzene rings is 1. The van der Waals surface area contributed by atoms with Gasteiger partial charge >= 0.3 is 0 Å². The molecule has 3 nitrogen and oxygen atoms in total. The summed E-state index contributed by atoms with van der Waals surface area (Å²) in [6, 6.07) is 5.83. The summed E-state index contributed by atoms with van der Waals surface area (Å²) >= 11 is 5.92. The second-order valence-electron chi connectivity index (χ2n) is 4.38. The van der Waals surface area contributed by atoms with Gasteiger partial charge in [-0.2, -0.15) is 0 Å². The van der Waals surface area contributed by atoms with Gasteiger partial charge in [-0.3, -0.25) is 0 Å². The SMILES string of the molecule is Nc1ccc(Cl)cc1NC1CCC(O)CC1. The van der Waals surface area contributed by atoms with Crippen LogP contribution in [-0.4, -0.2) is 17.3 Å². The Morgan fingerprint density at radius 2 is 1.94 bits per heavy atom. The molecular formula is C12H17ClN2O.